The fraction of sp³-hybridized carbons (Fsp3) is 0.464. The van der Waals surface area contributed by atoms with Crippen molar-refractivity contribution < 1.29 is 23.4 Å². The molecule has 2 aromatic carbocycles. The zero-order valence-corrected chi connectivity index (χ0v) is 21.4. The Labute approximate surface area is 218 Å². The first kappa shape index (κ1) is 26.1. The molecule has 3 aromatic rings. The van der Waals surface area contributed by atoms with Crippen LogP contribution in [0, 0.1) is 28.9 Å². The molecule has 2 aliphatic rings. The van der Waals surface area contributed by atoms with Crippen LogP contribution in [0.15, 0.2) is 35.1 Å². The Balaban J connectivity index is 1.39. The van der Waals surface area contributed by atoms with Crippen LogP contribution in [0.5, 0.6) is 0 Å². The van der Waals surface area contributed by atoms with Crippen LogP contribution >= 0.6 is 0 Å². The first-order valence-corrected chi connectivity index (χ1v) is 12.7. The summed E-state index contributed by atoms with van der Waals surface area (Å²) in [5, 5.41) is 24.6. The second-order valence-electron chi connectivity index (χ2n) is 11.2. The van der Waals surface area contributed by atoms with E-state index < -0.39 is 47.2 Å². The number of nitrogens with zero attached hydrogens (tertiary/aromatic N) is 2. The molecule has 1 amide bonds. The molecule has 2 fully saturated rings. The molecule has 200 valence electrons. The van der Waals surface area contributed by atoms with Crippen LogP contribution in [-0.4, -0.2) is 51.0 Å². The molecule has 1 saturated heterocycles. The van der Waals surface area contributed by atoms with Gasteiger partial charge in [-0.1, -0.05) is 0 Å². The maximum atomic E-state index is 15.2. The van der Waals surface area contributed by atoms with Gasteiger partial charge in [-0.25, -0.2) is 13.6 Å². The van der Waals surface area contributed by atoms with Crippen molar-refractivity contribution in [3.05, 3.63) is 57.9 Å². The highest BCUT2D eigenvalue weighted by Gasteiger charge is 2.52. The van der Waals surface area contributed by atoms with E-state index in [0.717, 1.165) is 19.3 Å². The minimum atomic E-state index is -1.23. The number of nitriles is 1. The number of aromatic amines is 1. The van der Waals surface area contributed by atoms with E-state index in [-0.39, 0.29) is 34.7 Å². The largest absolute Gasteiger partial charge is 0.444 e. The smallest absolute Gasteiger partial charge is 0.410 e. The van der Waals surface area contributed by atoms with Gasteiger partial charge in [-0.2, -0.15) is 5.26 Å². The molecule has 5 atom stereocenters. The molecule has 2 heterocycles. The van der Waals surface area contributed by atoms with E-state index in [2.05, 4.69) is 16.4 Å². The monoisotopic (exact) mass is 524 g/mol. The lowest BCUT2D eigenvalue weighted by Crippen LogP contribution is -2.57. The number of nitrogens with one attached hydrogen (secondary N) is 2. The summed E-state index contributed by atoms with van der Waals surface area (Å²) in [5.41, 5.74) is -0.672. The van der Waals surface area contributed by atoms with Gasteiger partial charge in [-0.15, -0.1) is 0 Å². The summed E-state index contributed by atoms with van der Waals surface area (Å²) in [6, 6.07) is 6.82. The normalized spacial score (nSPS) is 22.6. The number of fused-ring (bicyclic) bond motifs is 5. The summed E-state index contributed by atoms with van der Waals surface area (Å²) < 4.78 is 34.6. The summed E-state index contributed by atoms with van der Waals surface area (Å²) in [6.45, 7) is 5.32. The van der Waals surface area contributed by atoms with Crippen LogP contribution in [0.1, 0.15) is 45.6 Å². The van der Waals surface area contributed by atoms with Crippen molar-refractivity contribution in [3.63, 3.8) is 0 Å². The van der Waals surface area contributed by atoms with Gasteiger partial charge in [0.25, 0.3) is 5.56 Å². The number of ether oxygens (including phenoxy) is 1. The van der Waals surface area contributed by atoms with E-state index in [0.29, 0.717) is 10.9 Å². The molecule has 1 aliphatic heterocycles. The Morgan fingerprint density at radius 2 is 2.00 bits per heavy atom. The highest BCUT2D eigenvalue weighted by atomic mass is 19.1. The molecular weight excluding hydrogens is 494 g/mol. The first-order chi connectivity index (χ1) is 17.9. The van der Waals surface area contributed by atoms with Gasteiger partial charge in [0.15, 0.2) is 0 Å². The van der Waals surface area contributed by atoms with Gasteiger partial charge in [0.2, 0.25) is 0 Å². The third-order valence-corrected chi connectivity index (χ3v) is 7.47. The number of rotatable bonds is 5. The standard InChI is InChI=1S/C28H30F2N4O4/c1-28(2,3)38-27(37)34-18-6-4-14(9-18)24(34)26(36)32-17(13-31)8-15-10-21-19(12-22(15)30)20-11-16(29)5-7-23(20)33-25(21)35/h5,7,10-12,14,17-18,24,26,32,36H,4,6,8-9H2,1-3H3,(H,33,35)/t14-,17?,18+,24-,26?/m0/s1. The second kappa shape index (κ2) is 9.64. The summed E-state index contributed by atoms with van der Waals surface area (Å²) in [6.07, 6.45) is 0.541. The number of likely N-dealkylation sites (tertiary alicyclic amines) is 1. The zero-order chi connectivity index (χ0) is 27.4. The topological polar surface area (TPSA) is 118 Å². The van der Waals surface area contributed by atoms with E-state index >= 15 is 4.39 Å². The highest BCUT2D eigenvalue weighted by Crippen LogP contribution is 2.44. The van der Waals surface area contributed by atoms with Gasteiger partial charge in [0.1, 0.15) is 29.5 Å². The van der Waals surface area contributed by atoms with E-state index in [1.807, 2.05) is 0 Å². The molecule has 10 heteroatoms. The summed E-state index contributed by atoms with van der Waals surface area (Å²) in [4.78, 5) is 29.9. The predicted octanol–water partition coefficient (Wildman–Crippen LogP) is 4.09. The first-order valence-electron chi connectivity index (χ1n) is 12.7. The van der Waals surface area contributed by atoms with Crippen LogP contribution in [-0.2, 0) is 11.2 Å². The molecule has 38 heavy (non-hydrogen) atoms. The number of carbonyl (C=O) groups excluding carboxylic acids is 1. The Morgan fingerprint density at radius 3 is 2.71 bits per heavy atom. The van der Waals surface area contributed by atoms with Crippen molar-refractivity contribution in [2.24, 2.45) is 5.92 Å². The maximum Gasteiger partial charge on any atom is 0.410 e. The Hall–Kier alpha value is -3.55. The lowest BCUT2D eigenvalue weighted by atomic mass is 9.96. The number of benzene rings is 2. The molecule has 2 bridgehead atoms. The van der Waals surface area contributed by atoms with Crippen LogP contribution in [0.4, 0.5) is 13.6 Å². The van der Waals surface area contributed by atoms with Gasteiger partial charge < -0.3 is 14.8 Å². The fourth-order valence-electron chi connectivity index (χ4n) is 5.91. The number of hydrogen-bond donors (Lipinski definition) is 3. The third kappa shape index (κ3) is 4.84. The molecule has 0 spiro atoms. The van der Waals surface area contributed by atoms with E-state index in [4.69, 9.17) is 4.74 Å². The molecule has 0 radical (unpaired) electrons. The van der Waals surface area contributed by atoms with Gasteiger partial charge in [-0.05, 0) is 87.2 Å². The van der Waals surface area contributed by atoms with Crippen molar-refractivity contribution in [2.75, 3.05) is 0 Å². The number of amides is 1. The minimum Gasteiger partial charge on any atom is -0.444 e. The van der Waals surface area contributed by atoms with Crippen LogP contribution in [0.3, 0.4) is 0 Å². The van der Waals surface area contributed by atoms with Gasteiger partial charge in [-0.3, -0.25) is 15.0 Å². The van der Waals surface area contributed by atoms with Crippen molar-refractivity contribution in [1.29, 1.82) is 5.26 Å². The SMILES string of the molecule is CC(C)(C)OC(=O)N1[C@@H]2CC[C@@H](C2)[C@H]1C(O)NC(C#N)Cc1cc2c(=O)[nH]c3ccc(F)cc3c2cc1F. The zero-order valence-electron chi connectivity index (χ0n) is 21.4. The lowest BCUT2D eigenvalue weighted by molar-refractivity contribution is -0.0283. The molecule has 1 aliphatic carbocycles. The number of pyridine rings is 1. The number of piperidine rings is 1. The number of carbonyl (C=O) groups is 1. The number of hydrogen-bond acceptors (Lipinski definition) is 6. The molecule has 1 aromatic heterocycles. The minimum absolute atomic E-state index is 0.0406. The number of H-pyrrole nitrogens is 1. The third-order valence-electron chi connectivity index (χ3n) is 7.47. The summed E-state index contributed by atoms with van der Waals surface area (Å²) in [7, 11) is 0. The van der Waals surface area contributed by atoms with E-state index in [9.17, 15) is 24.3 Å². The van der Waals surface area contributed by atoms with Crippen molar-refractivity contribution in [2.45, 2.75) is 76.4 Å². The number of halogens is 2. The van der Waals surface area contributed by atoms with Crippen molar-refractivity contribution in [1.82, 2.24) is 15.2 Å². The molecule has 5 rings (SSSR count). The Bertz CT molecular complexity index is 1510. The summed E-state index contributed by atoms with van der Waals surface area (Å²) >= 11 is 0. The van der Waals surface area contributed by atoms with Crippen molar-refractivity contribution >= 4 is 27.8 Å². The number of aliphatic hydroxyl groups is 1. The molecule has 3 N–H and O–H groups in total. The quantitative estimate of drug-likeness (QED) is 0.342. The Morgan fingerprint density at radius 1 is 1.24 bits per heavy atom. The molecule has 8 nitrogen and oxygen atoms in total. The number of aliphatic hydroxyl groups excluding tert-OH is 1. The van der Waals surface area contributed by atoms with Gasteiger partial charge >= 0.3 is 6.09 Å². The lowest BCUT2D eigenvalue weighted by Gasteiger charge is -2.39. The average Bonchev–Trinajstić information content (AvgIpc) is 3.46. The predicted molar refractivity (Wildman–Crippen MR) is 137 cm³/mol. The van der Waals surface area contributed by atoms with E-state index in [1.165, 1.54) is 30.3 Å². The van der Waals surface area contributed by atoms with E-state index in [1.54, 1.807) is 25.7 Å². The second-order valence-corrected chi connectivity index (χ2v) is 11.2. The molecule has 1 saturated carbocycles. The van der Waals surface area contributed by atoms with Gasteiger partial charge in [0, 0.05) is 28.8 Å². The maximum absolute atomic E-state index is 15.2. The molecular formula is C28H30F2N4O4. The van der Waals surface area contributed by atoms with Crippen LogP contribution in [0.2, 0.25) is 0 Å². The number of aromatic nitrogens is 1. The molecule has 2 unspecified atom stereocenters. The fourth-order valence-corrected chi connectivity index (χ4v) is 5.91. The van der Waals surface area contributed by atoms with Crippen LogP contribution < -0.4 is 10.9 Å². The van der Waals surface area contributed by atoms with Crippen molar-refractivity contribution in [3.8, 4) is 6.07 Å². The Kier molecular flexibility index (Phi) is 6.61. The highest BCUT2D eigenvalue weighted by molar-refractivity contribution is 6.05. The van der Waals surface area contributed by atoms with Gasteiger partial charge in [0.05, 0.1) is 12.1 Å². The average molecular weight is 525 g/mol. The summed E-state index contributed by atoms with van der Waals surface area (Å²) in [5.74, 6) is -1.11. The van der Waals surface area contributed by atoms with Crippen LogP contribution in [0.25, 0.3) is 21.7 Å².